The lowest BCUT2D eigenvalue weighted by atomic mass is 10.3. The molecular weight excluding hydrogens is 208 g/mol. The van der Waals surface area contributed by atoms with E-state index in [2.05, 4.69) is 26.4 Å². The van der Waals surface area contributed by atoms with Crippen molar-refractivity contribution in [2.75, 3.05) is 24.0 Å². The Morgan fingerprint density at radius 2 is 1.00 bits per heavy atom. The average molecular weight is 236 g/mol. The van der Waals surface area contributed by atoms with Crippen molar-refractivity contribution in [3.63, 3.8) is 0 Å². The van der Waals surface area contributed by atoms with E-state index in [1.165, 1.54) is 50.0 Å². The topological polar surface area (TPSA) is 0 Å². The first-order valence-corrected chi connectivity index (χ1v) is 10.1. The third-order valence-corrected chi connectivity index (χ3v) is 9.17. The van der Waals surface area contributed by atoms with Crippen molar-refractivity contribution < 1.29 is 0 Å². The Labute approximate surface area is 95.4 Å². The van der Waals surface area contributed by atoms with Crippen LogP contribution in [-0.2, 0) is 18.9 Å². The van der Waals surface area contributed by atoms with Crippen LogP contribution in [0.2, 0.25) is 0 Å². The van der Waals surface area contributed by atoms with Gasteiger partial charge < -0.3 is 0 Å². The van der Waals surface area contributed by atoms with Gasteiger partial charge in [-0.3, -0.25) is 0 Å². The van der Waals surface area contributed by atoms with Crippen LogP contribution in [0.1, 0.15) is 52.4 Å². The van der Waals surface area contributed by atoms with Crippen LogP contribution in [0.25, 0.3) is 0 Å². The lowest BCUT2D eigenvalue weighted by molar-refractivity contribution is 0.777. The quantitative estimate of drug-likeness (QED) is 0.563. The van der Waals surface area contributed by atoms with Crippen molar-refractivity contribution in [3.8, 4) is 0 Å². The monoisotopic (exact) mass is 236 g/mol. The van der Waals surface area contributed by atoms with Gasteiger partial charge in [0, 0.05) is 0 Å². The Bertz CT molecular complexity index is 144. The van der Waals surface area contributed by atoms with Crippen molar-refractivity contribution >= 4 is 18.9 Å². The molecule has 0 spiro atoms. The van der Waals surface area contributed by atoms with Crippen molar-refractivity contribution in [2.24, 2.45) is 0 Å². The number of hydrogen-bond donors (Lipinski definition) is 0. The zero-order valence-electron chi connectivity index (χ0n) is 10.5. The van der Waals surface area contributed by atoms with E-state index < -0.39 is 0 Å². The Balaban J connectivity index is 3.66. The maximum atomic E-state index is 2.48. The summed E-state index contributed by atoms with van der Waals surface area (Å²) >= 11 is 0. The molecule has 0 N–H and O–H groups in total. The summed E-state index contributed by atoms with van der Waals surface area (Å²) < 4.78 is 0. The molecule has 0 aliphatic carbocycles. The first-order valence-electron chi connectivity index (χ1n) is 5.97. The van der Waals surface area contributed by atoms with Gasteiger partial charge in [0.05, 0.1) is 0 Å². The van der Waals surface area contributed by atoms with E-state index in [1.807, 2.05) is 0 Å². The fourth-order valence-electron chi connectivity index (χ4n) is 1.40. The molecule has 0 rings (SSSR count). The molecule has 0 aromatic rings. The molecule has 88 valence electrons. The smallest absolute Gasteiger partial charge is 0.00703 e. The Morgan fingerprint density at radius 3 is 1.29 bits per heavy atom. The highest BCUT2D eigenvalue weighted by Gasteiger charge is 1.95. The maximum absolute atomic E-state index is 2.48. The summed E-state index contributed by atoms with van der Waals surface area (Å²) in [5, 5.41) is 0. The second-order valence-corrected chi connectivity index (χ2v) is 10.5. The van der Waals surface area contributed by atoms with Crippen molar-refractivity contribution in [1.29, 1.82) is 0 Å². The van der Waals surface area contributed by atoms with Gasteiger partial charge in [0.2, 0.25) is 0 Å². The van der Waals surface area contributed by atoms with Crippen LogP contribution < -0.4 is 0 Å². The van der Waals surface area contributed by atoms with Crippen molar-refractivity contribution in [3.05, 3.63) is 0 Å². The van der Waals surface area contributed by atoms with Crippen LogP contribution in [-0.4, -0.2) is 24.0 Å². The van der Waals surface area contributed by atoms with Gasteiger partial charge in [-0.05, 0) is 36.9 Å². The summed E-state index contributed by atoms with van der Waals surface area (Å²) in [4.78, 5) is 0. The summed E-state index contributed by atoms with van der Waals surface area (Å²) in [6.45, 7) is 4.58. The van der Waals surface area contributed by atoms with Gasteiger partial charge in [0.15, 0.2) is 0 Å². The predicted octanol–water partition coefficient (Wildman–Crippen LogP) is 3.78. The Morgan fingerprint density at radius 1 is 0.643 bits per heavy atom. The van der Waals surface area contributed by atoms with E-state index in [-0.39, 0.29) is 0 Å². The normalized spacial score (nSPS) is 15.4. The third kappa shape index (κ3) is 8.05. The van der Waals surface area contributed by atoms with Crippen molar-refractivity contribution in [2.45, 2.75) is 52.4 Å². The Kier molecular flexibility index (Phi) is 10.7. The number of unbranched alkanes of at least 4 members (excludes halogenated alkanes) is 4. The van der Waals surface area contributed by atoms with E-state index in [1.54, 1.807) is 0 Å². The first-order chi connectivity index (χ1) is 6.72. The van der Waals surface area contributed by atoms with E-state index in [0.717, 1.165) is 0 Å². The molecular formula is C12H28S2. The summed E-state index contributed by atoms with van der Waals surface area (Å²) in [6, 6.07) is 0. The van der Waals surface area contributed by atoms with Crippen LogP contribution in [0.3, 0.4) is 0 Å². The molecule has 2 atom stereocenters. The molecule has 0 radical (unpaired) electrons. The highest BCUT2D eigenvalue weighted by molar-refractivity contribution is 8.43. The van der Waals surface area contributed by atoms with E-state index in [0.29, 0.717) is 18.9 Å². The highest BCUT2D eigenvalue weighted by atomic mass is 32.9. The molecule has 0 aliphatic heterocycles. The summed E-state index contributed by atoms with van der Waals surface area (Å²) in [5.41, 5.74) is 0. The van der Waals surface area contributed by atoms with E-state index in [4.69, 9.17) is 0 Å². The zero-order chi connectivity index (χ0) is 10.8. The van der Waals surface area contributed by atoms with Gasteiger partial charge in [-0.1, -0.05) is 39.5 Å². The van der Waals surface area contributed by atoms with Gasteiger partial charge >= 0.3 is 0 Å². The molecule has 0 saturated carbocycles. The molecule has 0 amide bonds. The first kappa shape index (κ1) is 14.7. The minimum atomic E-state index is 0.708. The average Bonchev–Trinajstić information content (AvgIpc) is 2.18. The largest absolute Gasteiger partial charge is 0.165 e. The fraction of sp³-hybridized carbons (Fsp3) is 1.00. The highest BCUT2D eigenvalue weighted by Crippen LogP contribution is 2.02. The lowest BCUT2D eigenvalue weighted by Gasteiger charge is -2.10. The van der Waals surface area contributed by atoms with Crippen LogP contribution in [0.5, 0.6) is 0 Å². The van der Waals surface area contributed by atoms with Crippen molar-refractivity contribution in [1.82, 2.24) is 0 Å². The Hall–Kier alpha value is 0.700. The molecule has 0 aliphatic rings. The minimum absolute atomic E-state index is 0.708. The SMILES string of the molecule is CCCCC/S(C)=S(\C)CCCCC. The second kappa shape index (κ2) is 10.2. The molecule has 0 aromatic heterocycles. The van der Waals surface area contributed by atoms with Gasteiger partial charge in [0.1, 0.15) is 0 Å². The number of hydrogen-bond acceptors (Lipinski definition) is 0. The maximum Gasteiger partial charge on any atom is -0.00703 e. The van der Waals surface area contributed by atoms with Crippen LogP contribution >= 0.6 is 0 Å². The fourth-order valence-corrected chi connectivity index (χ4v) is 5.60. The van der Waals surface area contributed by atoms with Crippen LogP contribution in [0, 0.1) is 0 Å². The molecule has 0 heterocycles. The summed E-state index contributed by atoms with van der Waals surface area (Å²) in [6.07, 6.45) is 13.5. The van der Waals surface area contributed by atoms with E-state index in [9.17, 15) is 0 Å². The molecule has 2 heteroatoms. The molecule has 0 saturated heterocycles. The molecule has 14 heavy (non-hydrogen) atoms. The molecule has 2 unspecified atom stereocenters. The second-order valence-electron chi connectivity index (χ2n) is 3.97. The van der Waals surface area contributed by atoms with Gasteiger partial charge in [-0.25, -0.2) is 0 Å². The molecule has 0 aromatic carbocycles. The van der Waals surface area contributed by atoms with Crippen LogP contribution in [0.4, 0.5) is 0 Å². The lowest BCUT2D eigenvalue weighted by Crippen LogP contribution is -2.06. The van der Waals surface area contributed by atoms with Gasteiger partial charge in [-0.2, -0.15) is 18.9 Å². The molecule has 0 nitrogen and oxygen atoms in total. The van der Waals surface area contributed by atoms with Gasteiger partial charge in [0.25, 0.3) is 0 Å². The van der Waals surface area contributed by atoms with E-state index >= 15 is 0 Å². The summed E-state index contributed by atoms with van der Waals surface area (Å²) in [5.74, 6) is 2.97. The number of rotatable bonds is 8. The van der Waals surface area contributed by atoms with Gasteiger partial charge in [-0.15, -0.1) is 0 Å². The standard InChI is InChI=1S/C12H28S2/c1-5-7-9-11-13(3)14(4)12-10-8-6-2/h5-12H2,1-4H3. The summed E-state index contributed by atoms with van der Waals surface area (Å²) in [7, 11) is 1.42. The third-order valence-electron chi connectivity index (χ3n) is 2.56. The zero-order valence-corrected chi connectivity index (χ0v) is 12.1. The predicted molar refractivity (Wildman–Crippen MR) is 75.4 cm³/mol. The molecule has 0 bridgehead atoms. The molecule has 0 fully saturated rings. The van der Waals surface area contributed by atoms with Crippen LogP contribution in [0.15, 0.2) is 0 Å². The minimum Gasteiger partial charge on any atom is -0.165 e.